The van der Waals surface area contributed by atoms with Crippen LogP contribution >= 0.6 is 11.6 Å². The van der Waals surface area contributed by atoms with Crippen LogP contribution in [0, 0.1) is 0 Å². The van der Waals surface area contributed by atoms with Gasteiger partial charge in [0.2, 0.25) is 0 Å². The molecule has 9 nitrogen and oxygen atoms in total. The van der Waals surface area contributed by atoms with E-state index in [0.717, 1.165) is 18.2 Å². The molecular weight excluding hydrogens is 489 g/mol. The summed E-state index contributed by atoms with van der Waals surface area (Å²) in [4.78, 5) is 12.0. The second-order valence-electron chi connectivity index (χ2n) is 6.46. The highest BCUT2D eigenvalue weighted by atomic mass is 35.5. The molecule has 2 aromatic carbocycles. The molecule has 1 heterocycles. The number of alkyl halides is 3. The van der Waals surface area contributed by atoms with Gasteiger partial charge in [-0.25, -0.2) is 8.42 Å². The number of amides is 1. The van der Waals surface area contributed by atoms with Gasteiger partial charge in [-0.15, -0.1) is 13.2 Å². The SMILES string of the molecule is COc1cc(NC(=O)c2ccnn2C)ccc1S(=O)(=O)Nc1ccc(OC(F)(F)F)c(Cl)c1. The standard InChI is InChI=1S/C19H16ClF3N4O5S/c1-27-14(7-8-24-27)18(28)25-11-4-6-17(16(10-11)31-2)33(29,30)26-12-3-5-15(13(20)9-12)32-19(21,22)23/h3-10,26H,1-2H3,(H,25,28). The van der Waals surface area contributed by atoms with E-state index in [9.17, 15) is 26.4 Å². The molecule has 0 aliphatic heterocycles. The van der Waals surface area contributed by atoms with Crippen molar-refractivity contribution in [3.8, 4) is 11.5 Å². The van der Waals surface area contributed by atoms with Crippen LogP contribution in [-0.4, -0.2) is 37.6 Å². The number of hydrogen-bond acceptors (Lipinski definition) is 6. The molecule has 14 heteroatoms. The summed E-state index contributed by atoms with van der Waals surface area (Å²) in [5.41, 5.74) is 0.432. The Kier molecular flexibility index (Phi) is 6.74. The molecule has 33 heavy (non-hydrogen) atoms. The van der Waals surface area contributed by atoms with E-state index in [4.69, 9.17) is 16.3 Å². The van der Waals surface area contributed by atoms with Crippen LogP contribution < -0.4 is 19.5 Å². The average molecular weight is 505 g/mol. The molecule has 0 saturated heterocycles. The number of aromatic nitrogens is 2. The predicted molar refractivity (Wildman–Crippen MR) is 113 cm³/mol. The first-order valence-electron chi connectivity index (χ1n) is 8.95. The first-order chi connectivity index (χ1) is 15.4. The van der Waals surface area contributed by atoms with Crippen molar-refractivity contribution in [2.24, 2.45) is 7.05 Å². The average Bonchev–Trinajstić information content (AvgIpc) is 3.14. The number of rotatable bonds is 7. The van der Waals surface area contributed by atoms with Gasteiger partial charge in [0.25, 0.3) is 15.9 Å². The van der Waals surface area contributed by atoms with Gasteiger partial charge in [0.05, 0.1) is 17.8 Å². The number of benzene rings is 2. The lowest BCUT2D eigenvalue weighted by Gasteiger charge is -2.15. The van der Waals surface area contributed by atoms with Crippen molar-refractivity contribution in [1.29, 1.82) is 0 Å². The maximum absolute atomic E-state index is 12.8. The van der Waals surface area contributed by atoms with E-state index in [2.05, 4.69) is 19.9 Å². The van der Waals surface area contributed by atoms with E-state index >= 15 is 0 Å². The van der Waals surface area contributed by atoms with Crippen LogP contribution in [0.15, 0.2) is 53.6 Å². The van der Waals surface area contributed by atoms with Crippen LogP contribution in [0.2, 0.25) is 5.02 Å². The molecule has 0 radical (unpaired) electrons. The van der Waals surface area contributed by atoms with Gasteiger partial charge in [-0.1, -0.05) is 11.6 Å². The maximum atomic E-state index is 12.8. The first-order valence-corrected chi connectivity index (χ1v) is 10.8. The maximum Gasteiger partial charge on any atom is 0.573 e. The topological polar surface area (TPSA) is 112 Å². The number of halogens is 4. The van der Waals surface area contributed by atoms with E-state index < -0.39 is 33.1 Å². The Morgan fingerprint density at radius 3 is 2.36 bits per heavy atom. The number of carbonyl (C=O) groups is 1. The minimum atomic E-state index is -4.95. The lowest BCUT2D eigenvalue weighted by atomic mass is 10.3. The number of aryl methyl sites for hydroxylation is 1. The number of anilines is 2. The molecule has 3 rings (SSSR count). The highest BCUT2D eigenvalue weighted by molar-refractivity contribution is 7.92. The summed E-state index contributed by atoms with van der Waals surface area (Å²) in [6.45, 7) is 0. The zero-order chi connectivity index (χ0) is 24.4. The zero-order valence-electron chi connectivity index (χ0n) is 17.0. The van der Waals surface area contributed by atoms with E-state index in [0.29, 0.717) is 0 Å². The molecule has 1 aromatic heterocycles. The molecule has 176 valence electrons. The minimum absolute atomic E-state index is 0.0894. The van der Waals surface area contributed by atoms with Crippen molar-refractivity contribution in [3.05, 3.63) is 59.4 Å². The Morgan fingerprint density at radius 2 is 1.79 bits per heavy atom. The predicted octanol–water partition coefficient (Wildman–Crippen LogP) is 4.03. The molecule has 0 aliphatic rings. The van der Waals surface area contributed by atoms with Crippen LogP contribution in [0.1, 0.15) is 10.5 Å². The van der Waals surface area contributed by atoms with Gasteiger partial charge in [-0.05, 0) is 36.4 Å². The molecular formula is C19H16ClF3N4O5S. The Morgan fingerprint density at radius 1 is 1.09 bits per heavy atom. The molecule has 0 spiro atoms. The highest BCUT2D eigenvalue weighted by Gasteiger charge is 2.32. The number of sulfonamides is 1. The van der Waals surface area contributed by atoms with Crippen molar-refractivity contribution in [3.63, 3.8) is 0 Å². The van der Waals surface area contributed by atoms with Crippen molar-refractivity contribution >= 4 is 38.9 Å². The fourth-order valence-electron chi connectivity index (χ4n) is 2.74. The number of nitrogens with zero attached hydrogens (tertiary/aromatic N) is 2. The number of ether oxygens (including phenoxy) is 2. The summed E-state index contributed by atoms with van der Waals surface area (Å²) in [6.07, 6.45) is -3.50. The Labute approximate surface area is 191 Å². The Hall–Kier alpha value is -3.45. The molecule has 0 bridgehead atoms. The van der Waals surface area contributed by atoms with Gasteiger partial charge in [-0.3, -0.25) is 14.2 Å². The fourth-order valence-corrected chi connectivity index (χ4v) is 4.16. The van der Waals surface area contributed by atoms with E-state index in [1.54, 1.807) is 7.05 Å². The molecule has 0 atom stereocenters. The van der Waals surface area contributed by atoms with Gasteiger partial charge in [0.1, 0.15) is 22.1 Å². The first kappa shape index (κ1) is 24.2. The fraction of sp³-hybridized carbons (Fsp3) is 0.158. The van der Waals surface area contributed by atoms with Gasteiger partial charge >= 0.3 is 6.36 Å². The van der Waals surface area contributed by atoms with Crippen molar-refractivity contribution < 1.29 is 35.9 Å². The second kappa shape index (κ2) is 9.19. The van der Waals surface area contributed by atoms with Gasteiger partial charge in [0.15, 0.2) is 0 Å². The van der Waals surface area contributed by atoms with E-state index in [1.165, 1.54) is 42.3 Å². The van der Waals surface area contributed by atoms with Crippen LogP contribution in [0.25, 0.3) is 0 Å². The van der Waals surface area contributed by atoms with Crippen molar-refractivity contribution in [2.45, 2.75) is 11.3 Å². The van der Waals surface area contributed by atoms with Gasteiger partial charge < -0.3 is 14.8 Å². The molecule has 2 N–H and O–H groups in total. The van der Waals surface area contributed by atoms with E-state index in [-0.39, 0.29) is 27.7 Å². The number of carbonyl (C=O) groups excluding carboxylic acids is 1. The third-order valence-electron chi connectivity index (χ3n) is 4.17. The Bertz CT molecular complexity index is 1290. The second-order valence-corrected chi connectivity index (χ2v) is 8.52. The van der Waals surface area contributed by atoms with Crippen LogP contribution in [0.5, 0.6) is 11.5 Å². The molecule has 1 amide bonds. The summed E-state index contributed by atoms with van der Waals surface area (Å²) in [5.74, 6) is -1.24. The molecule has 0 saturated carbocycles. The van der Waals surface area contributed by atoms with Crippen molar-refractivity contribution in [1.82, 2.24) is 9.78 Å². The lowest BCUT2D eigenvalue weighted by Crippen LogP contribution is -2.18. The molecule has 0 unspecified atom stereocenters. The number of hydrogen-bond donors (Lipinski definition) is 2. The highest BCUT2D eigenvalue weighted by Crippen LogP contribution is 2.34. The normalized spacial score (nSPS) is 11.7. The minimum Gasteiger partial charge on any atom is -0.495 e. The largest absolute Gasteiger partial charge is 0.573 e. The van der Waals surface area contributed by atoms with Crippen LogP contribution in [-0.2, 0) is 17.1 Å². The van der Waals surface area contributed by atoms with Gasteiger partial charge in [-0.2, -0.15) is 5.10 Å². The van der Waals surface area contributed by atoms with Crippen LogP contribution in [0.4, 0.5) is 24.5 Å². The zero-order valence-corrected chi connectivity index (χ0v) is 18.5. The van der Waals surface area contributed by atoms with Crippen molar-refractivity contribution in [2.75, 3.05) is 17.1 Å². The van der Waals surface area contributed by atoms with Crippen LogP contribution in [0.3, 0.4) is 0 Å². The Balaban J connectivity index is 1.82. The van der Waals surface area contributed by atoms with E-state index in [1.807, 2.05) is 0 Å². The summed E-state index contributed by atoms with van der Waals surface area (Å²) in [5, 5.41) is 6.05. The summed E-state index contributed by atoms with van der Waals surface area (Å²) >= 11 is 5.76. The molecule has 3 aromatic rings. The smallest absolute Gasteiger partial charge is 0.495 e. The number of nitrogens with one attached hydrogen (secondary N) is 2. The third kappa shape index (κ3) is 5.87. The monoisotopic (exact) mass is 504 g/mol. The summed E-state index contributed by atoms with van der Waals surface area (Å²) in [6, 6.07) is 8.25. The lowest BCUT2D eigenvalue weighted by molar-refractivity contribution is -0.274. The number of methoxy groups -OCH3 is 1. The summed E-state index contributed by atoms with van der Waals surface area (Å²) in [7, 11) is -1.41. The molecule has 0 aliphatic carbocycles. The summed E-state index contributed by atoms with van der Waals surface area (Å²) < 4.78 is 75.2. The molecule has 0 fully saturated rings. The van der Waals surface area contributed by atoms with Gasteiger partial charge in [0, 0.05) is 25.0 Å². The quantitative estimate of drug-likeness (QED) is 0.502. The third-order valence-corrected chi connectivity index (χ3v) is 5.89.